The Bertz CT molecular complexity index is 697. The highest BCUT2D eigenvalue weighted by atomic mass is 32.2. The summed E-state index contributed by atoms with van der Waals surface area (Å²) in [5.41, 5.74) is 0. The molecule has 1 spiro atoms. The summed E-state index contributed by atoms with van der Waals surface area (Å²) in [5, 5.41) is 15.3. The lowest BCUT2D eigenvalue weighted by molar-refractivity contribution is -0.140. The van der Waals surface area contributed by atoms with Crippen LogP contribution in [0.5, 0.6) is 0 Å². The molecule has 162 valence electrons. The van der Waals surface area contributed by atoms with Crippen LogP contribution in [-0.4, -0.2) is 69.5 Å². The monoisotopic (exact) mass is 423 g/mol. The van der Waals surface area contributed by atoms with Crippen LogP contribution in [0.4, 0.5) is 0 Å². The third-order valence-corrected chi connectivity index (χ3v) is 9.55. The van der Waals surface area contributed by atoms with E-state index in [1.807, 2.05) is 0 Å². The normalized spacial score (nSPS) is 38.9. The fraction of sp³-hybridized carbons (Fsp3) is 0.857. The van der Waals surface area contributed by atoms with Crippen LogP contribution in [0, 0.1) is 11.8 Å². The molecule has 0 aromatic rings. The van der Waals surface area contributed by atoms with E-state index in [2.05, 4.69) is 17.6 Å². The van der Waals surface area contributed by atoms with Gasteiger partial charge in [-0.05, 0) is 39.0 Å². The van der Waals surface area contributed by atoms with Crippen LogP contribution in [0.1, 0.15) is 58.3 Å². The summed E-state index contributed by atoms with van der Waals surface area (Å²) in [5.74, 6) is -1.14. The zero-order valence-electron chi connectivity index (χ0n) is 17.4. The highest BCUT2D eigenvalue weighted by Crippen LogP contribution is 2.71. The number of nitrogens with zero attached hydrogens (tertiary/aromatic N) is 1. The lowest BCUT2D eigenvalue weighted by Crippen LogP contribution is -2.55. The Morgan fingerprint density at radius 2 is 1.93 bits per heavy atom. The van der Waals surface area contributed by atoms with Gasteiger partial charge >= 0.3 is 0 Å². The van der Waals surface area contributed by atoms with Crippen LogP contribution in [0.2, 0.25) is 0 Å². The Kier molecular flexibility index (Phi) is 5.61. The Labute approximate surface area is 176 Å². The molecule has 4 aliphatic rings. The second-order valence-electron chi connectivity index (χ2n) is 9.29. The second kappa shape index (κ2) is 7.76. The van der Waals surface area contributed by atoms with Crippen LogP contribution in [-0.2, 0) is 14.4 Å². The maximum absolute atomic E-state index is 13.5. The molecule has 5 atom stereocenters. The van der Waals surface area contributed by atoms with E-state index in [0.29, 0.717) is 13.0 Å². The number of amides is 3. The van der Waals surface area contributed by atoms with E-state index in [1.54, 1.807) is 23.7 Å². The molecular weight excluding hydrogens is 390 g/mol. The number of hydrogen-bond acceptors (Lipinski definition) is 5. The molecule has 0 aromatic heterocycles. The van der Waals surface area contributed by atoms with Crippen LogP contribution < -0.4 is 10.6 Å². The highest BCUT2D eigenvalue weighted by molar-refractivity contribution is 8.02. The number of nitrogens with one attached hydrogen (secondary N) is 2. The Hall–Kier alpha value is -1.28. The van der Waals surface area contributed by atoms with Gasteiger partial charge in [0.25, 0.3) is 0 Å². The van der Waals surface area contributed by atoms with Gasteiger partial charge in [-0.25, -0.2) is 0 Å². The first-order chi connectivity index (χ1) is 13.9. The van der Waals surface area contributed by atoms with E-state index < -0.39 is 22.6 Å². The Morgan fingerprint density at radius 1 is 1.21 bits per heavy atom. The molecule has 1 saturated carbocycles. The molecule has 0 radical (unpaired) electrons. The predicted molar refractivity (Wildman–Crippen MR) is 111 cm³/mol. The summed E-state index contributed by atoms with van der Waals surface area (Å²) in [6.45, 7) is 2.41. The Morgan fingerprint density at radius 3 is 2.59 bits per heavy atom. The highest BCUT2D eigenvalue weighted by Gasteiger charge is 2.76. The number of rotatable bonds is 6. The second-order valence-corrected chi connectivity index (χ2v) is 11.2. The van der Waals surface area contributed by atoms with Crippen molar-refractivity contribution in [2.45, 2.75) is 79.9 Å². The maximum atomic E-state index is 13.5. The number of aliphatic hydroxyl groups excluding tert-OH is 1. The number of hydrogen-bond donors (Lipinski definition) is 3. The van der Waals surface area contributed by atoms with Crippen molar-refractivity contribution < 1.29 is 19.5 Å². The van der Waals surface area contributed by atoms with E-state index in [9.17, 15) is 19.5 Å². The number of likely N-dealkylation sites (tertiary alicyclic amines) is 1. The van der Waals surface area contributed by atoms with E-state index in [-0.39, 0.29) is 35.1 Å². The molecule has 4 rings (SSSR count). The lowest BCUT2D eigenvalue weighted by atomic mass is 9.66. The molecule has 3 N–H and O–H groups in total. The fourth-order valence-corrected chi connectivity index (χ4v) is 8.65. The Balaban J connectivity index is 1.67. The van der Waals surface area contributed by atoms with Gasteiger partial charge in [0.05, 0.1) is 16.6 Å². The number of thioether (sulfide) groups is 1. The average Bonchev–Trinajstić information content (AvgIpc) is 3.27. The van der Waals surface area contributed by atoms with Gasteiger partial charge in [0.15, 0.2) is 0 Å². The first-order valence-corrected chi connectivity index (χ1v) is 11.8. The van der Waals surface area contributed by atoms with E-state index >= 15 is 0 Å². The zero-order valence-corrected chi connectivity index (χ0v) is 18.2. The van der Waals surface area contributed by atoms with Gasteiger partial charge in [0.1, 0.15) is 6.04 Å². The zero-order chi connectivity index (χ0) is 20.8. The summed E-state index contributed by atoms with van der Waals surface area (Å²) in [6, 6.07) is -0.384. The smallest absolute Gasteiger partial charge is 0.244 e. The van der Waals surface area contributed by atoms with Gasteiger partial charge in [0, 0.05) is 31.0 Å². The third-order valence-electron chi connectivity index (χ3n) is 7.56. The molecule has 3 amide bonds. The molecule has 3 saturated heterocycles. The van der Waals surface area contributed by atoms with Crippen LogP contribution >= 0.6 is 11.8 Å². The minimum Gasteiger partial charge on any atom is -0.396 e. The van der Waals surface area contributed by atoms with Gasteiger partial charge in [-0.2, -0.15) is 0 Å². The van der Waals surface area contributed by atoms with E-state index in [4.69, 9.17) is 0 Å². The summed E-state index contributed by atoms with van der Waals surface area (Å²) < 4.78 is -0.857. The van der Waals surface area contributed by atoms with Gasteiger partial charge in [0.2, 0.25) is 17.7 Å². The van der Waals surface area contributed by atoms with Crippen LogP contribution in [0.3, 0.4) is 0 Å². The minimum atomic E-state index is -0.560. The average molecular weight is 424 g/mol. The van der Waals surface area contributed by atoms with Crippen molar-refractivity contribution in [3.63, 3.8) is 0 Å². The van der Waals surface area contributed by atoms with Crippen molar-refractivity contribution in [1.82, 2.24) is 15.5 Å². The van der Waals surface area contributed by atoms with Crippen molar-refractivity contribution in [3.05, 3.63) is 0 Å². The largest absolute Gasteiger partial charge is 0.396 e. The molecule has 7 nitrogen and oxygen atoms in total. The number of carbonyl (C=O) groups is 3. The third kappa shape index (κ3) is 3.17. The van der Waals surface area contributed by atoms with E-state index in [0.717, 1.165) is 38.5 Å². The van der Waals surface area contributed by atoms with Crippen molar-refractivity contribution >= 4 is 29.5 Å². The van der Waals surface area contributed by atoms with E-state index in [1.165, 1.54) is 6.42 Å². The van der Waals surface area contributed by atoms with Gasteiger partial charge in [-0.1, -0.05) is 19.3 Å². The van der Waals surface area contributed by atoms with Crippen molar-refractivity contribution in [3.8, 4) is 0 Å². The van der Waals surface area contributed by atoms with Crippen molar-refractivity contribution in [2.24, 2.45) is 11.8 Å². The molecule has 0 aromatic carbocycles. The summed E-state index contributed by atoms with van der Waals surface area (Å²) in [6.07, 6.45) is 7.50. The van der Waals surface area contributed by atoms with Gasteiger partial charge in [-0.15, -0.1) is 11.8 Å². The number of carbonyl (C=O) groups excluding carboxylic acids is 3. The summed E-state index contributed by atoms with van der Waals surface area (Å²) >= 11 is 1.70. The quantitative estimate of drug-likeness (QED) is 0.593. The van der Waals surface area contributed by atoms with Gasteiger partial charge in [-0.3, -0.25) is 14.4 Å². The molecule has 29 heavy (non-hydrogen) atoms. The van der Waals surface area contributed by atoms with Gasteiger partial charge < -0.3 is 20.6 Å². The fourth-order valence-electron chi connectivity index (χ4n) is 6.29. The lowest BCUT2D eigenvalue weighted by Gasteiger charge is -2.35. The minimum absolute atomic E-state index is 0.0257. The molecule has 2 bridgehead atoms. The molecule has 2 unspecified atom stereocenters. The van der Waals surface area contributed by atoms with Crippen molar-refractivity contribution in [2.75, 3.05) is 20.2 Å². The molecular formula is C21H33N3O4S. The molecule has 4 fully saturated rings. The van der Waals surface area contributed by atoms with Crippen LogP contribution in [0.15, 0.2) is 0 Å². The predicted octanol–water partition coefficient (Wildman–Crippen LogP) is 1.04. The topological polar surface area (TPSA) is 98.7 Å². The molecule has 8 heteroatoms. The van der Waals surface area contributed by atoms with Crippen molar-refractivity contribution in [1.29, 1.82) is 0 Å². The van der Waals surface area contributed by atoms with Crippen LogP contribution in [0.25, 0.3) is 0 Å². The number of aliphatic hydroxyl groups is 1. The first kappa shape index (κ1) is 21.0. The molecule has 3 aliphatic heterocycles. The summed E-state index contributed by atoms with van der Waals surface area (Å²) in [4.78, 5) is 41.5. The summed E-state index contributed by atoms with van der Waals surface area (Å²) in [7, 11) is 1.62. The number of fused-ring (bicyclic) bond motifs is 1. The standard InChI is InChI=1S/C21H33N3O4S/c1-20-9-10-21(29-20)15(14(20)17(26)22-2)19(28)24(11-6-12-25)16(21)18(27)23-13-7-4-3-5-8-13/h13-16,25H,3-12H2,1-2H3,(H,22,26)(H,23,27)/t14-,15-,16?,20+,21?/m0/s1. The maximum Gasteiger partial charge on any atom is 0.244 e. The molecule has 3 heterocycles. The first-order valence-electron chi connectivity index (χ1n) is 11.0. The molecule has 1 aliphatic carbocycles. The SMILES string of the molecule is CNC(=O)[C@@H]1[C@H]2C(=O)N(CCCO)C(C(=O)NC3CCCCC3)C23CC[C@@]1(C)S3.